The third kappa shape index (κ3) is 8.02. The molecular formula is C25H25N3O5. The molecule has 0 aliphatic heterocycles. The Kier molecular flexibility index (Phi) is 8.41. The average molecular weight is 447 g/mol. The quantitative estimate of drug-likeness (QED) is 0.437. The number of carbonyl (C=O) groups is 3. The molecule has 0 bridgehead atoms. The Labute approximate surface area is 191 Å². The van der Waals surface area contributed by atoms with Gasteiger partial charge in [-0.2, -0.15) is 0 Å². The molecular weight excluding hydrogens is 422 g/mol. The van der Waals surface area contributed by atoms with Gasteiger partial charge in [0.15, 0.2) is 6.61 Å². The van der Waals surface area contributed by atoms with E-state index in [1.165, 1.54) is 0 Å². The van der Waals surface area contributed by atoms with Crippen LogP contribution in [0.3, 0.4) is 0 Å². The van der Waals surface area contributed by atoms with Crippen LogP contribution in [0.15, 0.2) is 78.9 Å². The highest BCUT2D eigenvalue weighted by Gasteiger charge is 2.09. The van der Waals surface area contributed by atoms with Crippen molar-refractivity contribution in [1.29, 1.82) is 0 Å². The first-order valence-corrected chi connectivity index (χ1v) is 10.3. The van der Waals surface area contributed by atoms with E-state index >= 15 is 0 Å². The topological polar surface area (TPSA) is 106 Å². The summed E-state index contributed by atoms with van der Waals surface area (Å²) in [5.74, 6) is -0.332. The van der Waals surface area contributed by atoms with Crippen LogP contribution in [0.25, 0.3) is 0 Å². The van der Waals surface area contributed by atoms with Crippen LogP contribution in [0.2, 0.25) is 0 Å². The van der Waals surface area contributed by atoms with Crippen molar-refractivity contribution in [2.24, 2.45) is 0 Å². The summed E-state index contributed by atoms with van der Waals surface area (Å²) in [5.41, 5.74) is 6.99. The molecule has 0 fully saturated rings. The summed E-state index contributed by atoms with van der Waals surface area (Å²) in [5, 5.41) is 2.48. The molecule has 0 radical (unpaired) electrons. The van der Waals surface area contributed by atoms with Crippen LogP contribution in [-0.4, -0.2) is 30.9 Å². The van der Waals surface area contributed by atoms with Crippen LogP contribution in [0.1, 0.15) is 21.5 Å². The predicted molar refractivity (Wildman–Crippen MR) is 123 cm³/mol. The Morgan fingerprint density at radius 1 is 0.727 bits per heavy atom. The average Bonchev–Trinajstić information content (AvgIpc) is 2.85. The van der Waals surface area contributed by atoms with E-state index in [2.05, 4.69) is 16.2 Å². The highest BCUT2D eigenvalue weighted by atomic mass is 16.5. The van der Waals surface area contributed by atoms with E-state index in [9.17, 15) is 14.4 Å². The first-order chi connectivity index (χ1) is 16.0. The molecule has 0 unspecified atom stereocenters. The summed E-state index contributed by atoms with van der Waals surface area (Å²) >= 11 is 0. The minimum atomic E-state index is -0.566. The van der Waals surface area contributed by atoms with Gasteiger partial charge in [0.05, 0.1) is 6.54 Å². The summed E-state index contributed by atoms with van der Waals surface area (Å²) in [6.07, 6.45) is 0. The molecule has 0 saturated carbocycles. The second-order valence-electron chi connectivity index (χ2n) is 7.18. The fraction of sp³-hybridized carbons (Fsp3) is 0.160. The van der Waals surface area contributed by atoms with Gasteiger partial charge in [-0.1, -0.05) is 48.0 Å². The number of hydrazine groups is 1. The lowest BCUT2D eigenvalue weighted by molar-refractivity contribution is -0.129. The largest absolute Gasteiger partial charge is 0.489 e. The van der Waals surface area contributed by atoms with E-state index < -0.39 is 11.8 Å². The van der Waals surface area contributed by atoms with Crippen LogP contribution >= 0.6 is 0 Å². The van der Waals surface area contributed by atoms with Gasteiger partial charge in [0.25, 0.3) is 17.7 Å². The Morgan fingerprint density at radius 3 is 2.00 bits per heavy atom. The number of aryl methyl sites for hydroxylation is 1. The van der Waals surface area contributed by atoms with Crippen molar-refractivity contribution in [3.8, 4) is 11.5 Å². The minimum absolute atomic E-state index is 0.279. The lowest BCUT2D eigenvalue weighted by atomic mass is 10.1. The van der Waals surface area contributed by atoms with Gasteiger partial charge < -0.3 is 14.8 Å². The number of rotatable bonds is 9. The third-order valence-electron chi connectivity index (χ3n) is 4.51. The first kappa shape index (κ1) is 23.3. The lowest BCUT2D eigenvalue weighted by Crippen LogP contribution is -2.47. The molecule has 0 aromatic heterocycles. The van der Waals surface area contributed by atoms with E-state index in [1.807, 2.05) is 37.3 Å². The molecule has 0 saturated heterocycles. The van der Waals surface area contributed by atoms with Crippen molar-refractivity contribution in [2.75, 3.05) is 13.2 Å². The highest BCUT2D eigenvalue weighted by molar-refractivity contribution is 5.96. The Morgan fingerprint density at radius 2 is 1.33 bits per heavy atom. The zero-order valence-corrected chi connectivity index (χ0v) is 18.2. The van der Waals surface area contributed by atoms with E-state index in [1.54, 1.807) is 48.5 Å². The molecule has 3 rings (SSSR count). The second-order valence-corrected chi connectivity index (χ2v) is 7.18. The number of carbonyl (C=O) groups excluding carboxylic acids is 3. The van der Waals surface area contributed by atoms with Crippen molar-refractivity contribution in [2.45, 2.75) is 13.5 Å². The molecule has 0 aliphatic carbocycles. The van der Waals surface area contributed by atoms with Crippen molar-refractivity contribution in [3.05, 3.63) is 95.6 Å². The summed E-state index contributed by atoms with van der Waals surface area (Å²) in [6, 6.07) is 23.6. The predicted octanol–water partition coefficient (Wildman–Crippen LogP) is 2.53. The van der Waals surface area contributed by atoms with Crippen molar-refractivity contribution in [1.82, 2.24) is 16.2 Å². The van der Waals surface area contributed by atoms with Gasteiger partial charge in [-0.25, -0.2) is 0 Å². The SMILES string of the molecule is Cc1ccc(C(=O)NCC(=O)NNC(=O)COc2ccc(OCc3ccccc3)cc2)cc1. The minimum Gasteiger partial charge on any atom is -0.489 e. The molecule has 3 aromatic carbocycles. The summed E-state index contributed by atoms with van der Waals surface area (Å²) in [7, 11) is 0. The van der Waals surface area contributed by atoms with Gasteiger partial charge in [-0.15, -0.1) is 0 Å². The molecule has 0 atom stereocenters. The number of hydrogen-bond donors (Lipinski definition) is 3. The highest BCUT2D eigenvalue weighted by Crippen LogP contribution is 2.18. The zero-order chi connectivity index (χ0) is 23.5. The third-order valence-corrected chi connectivity index (χ3v) is 4.51. The standard InChI is InChI=1S/C25H25N3O5/c1-18-7-9-20(10-8-18)25(31)26-15-23(29)27-28-24(30)17-33-22-13-11-21(12-14-22)32-16-19-5-3-2-4-6-19/h2-14H,15-17H2,1H3,(H,26,31)(H,27,29)(H,28,30). The fourth-order valence-electron chi connectivity index (χ4n) is 2.71. The molecule has 8 heteroatoms. The maximum Gasteiger partial charge on any atom is 0.276 e. The van der Waals surface area contributed by atoms with Crippen LogP contribution in [0.4, 0.5) is 0 Å². The van der Waals surface area contributed by atoms with Gasteiger partial charge in [-0.05, 0) is 48.9 Å². The smallest absolute Gasteiger partial charge is 0.276 e. The van der Waals surface area contributed by atoms with Crippen molar-refractivity contribution in [3.63, 3.8) is 0 Å². The first-order valence-electron chi connectivity index (χ1n) is 10.3. The van der Waals surface area contributed by atoms with Gasteiger partial charge >= 0.3 is 0 Å². The molecule has 0 heterocycles. The Balaban J connectivity index is 1.32. The summed E-state index contributed by atoms with van der Waals surface area (Å²) in [4.78, 5) is 35.7. The number of amides is 3. The van der Waals surface area contributed by atoms with Crippen LogP contribution < -0.4 is 25.6 Å². The lowest BCUT2D eigenvalue weighted by Gasteiger charge is -2.10. The van der Waals surface area contributed by atoms with Crippen LogP contribution in [0, 0.1) is 6.92 Å². The molecule has 33 heavy (non-hydrogen) atoms. The fourth-order valence-corrected chi connectivity index (χ4v) is 2.71. The van der Waals surface area contributed by atoms with E-state index in [0.29, 0.717) is 23.7 Å². The summed E-state index contributed by atoms with van der Waals surface area (Å²) < 4.78 is 11.1. The van der Waals surface area contributed by atoms with Gasteiger partial charge in [0, 0.05) is 5.56 Å². The number of ether oxygens (including phenoxy) is 2. The van der Waals surface area contributed by atoms with E-state index in [0.717, 1.165) is 11.1 Å². The Hall–Kier alpha value is -4.33. The van der Waals surface area contributed by atoms with Gasteiger partial charge in [0.1, 0.15) is 18.1 Å². The maximum atomic E-state index is 12.0. The number of hydrogen-bond acceptors (Lipinski definition) is 5. The molecule has 0 aliphatic rings. The Bertz CT molecular complexity index is 1070. The normalized spacial score (nSPS) is 10.1. The van der Waals surface area contributed by atoms with E-state index in [-0.39, 0.29) is 19.1 Å². The molecule has 3 N–H and O–H groups in total. The van der Waals surface area contributed by atoms with Crippen molar-refractivity contribution >= 4 is 17.7 Å². The monoisotopic (exact) mass is 447 g/mol. The van der Waals surface area contributed by atoms with Gasteiger partial charge in [-0.3, -0.25) is 25.2 Å². The van der Waals surface area contributed by atoms with Crippen LogP contribution in [-0.2, 0) is 16.2 Å². The van der Waals surface area contributed by atoms with Gasteiger partial charge in [0.2, 0.25) is 0 Å². The molecule has 0 spiro atoms. The zero-order valence-electron chi connectivity index (χ0n) is 18.2. The number of nitrogens with one attached hydrogen (secondary N) is 3. The van der Waals surface area contributed by atoms with Crippen LogP contribution in [0.5, 0.6) is 11.5 Å². The molecule has 3 amide bonds. The van der Waals surface area contributed by atoms with Crippen molar-refractivity contribution < 1.29 is 23.9 Å². The molecule has 170 valence electrons. The molecule has 3 aromatic rings. The summed E-state index contributed by atoms with van der Waals surface area (Å²) in [6.45, 7) is 1.80. The number of benzene rings is 3. The second kappa shape index (κ2) is 11.9. The molecule has 8 nitrogen and oxygen atoms in total. The maximum absolute atomic E-state index is 12.0. The van der Waals surface area contributed by atoms with E-state index in [4.69, 9.17) is 9.47 Å².